The number of thiophene rings is 1. The van der Waals surface area contributed by atoms with Crippen LogP contribution < -0.4 is 15.2 Å². The largest absolute Gasteiger partial charge is 0.477 e. The number of hydrogen-bond donors (Lipinski definition) is 2. The van der Waals surface area contributed by atoms with Crippen molar-refractivity contribution in [3.63, 3.8) is 0 Å². The lowest BCUT2D eigenvalue weighted by molar-refractivity contribution is 0.143. The van der Waals surface area contributed by atoms with Crippen LogP contribution >= 0.6 is 11.3 Å². The maximum absolute atomic E-state index is 9.98. The maximum Gasteiger partial charge on any atom is 0.226 e. The molecule has 3 N–H and O–H groups in total. The number of nitrogens with zero attached hydrogens (tertiary/aromatic N) is 6. The second kappa shape index (κ2) is 9.53. The van der Waals surface area contributed by atoms with E-state index in [1.807, 2.05) is 0 Å². The number of ether oxygens (including phenoxy) is 2. The molecule has 0 radical (unpaired) electrons. The zero-order valence-corrected chi connectivity index (χ0v) is 22.5. The van der Waals surface area contributed by atoms with Crippen molar-refractivity contribution in [1.82, 2.24) is 25.1 Å². The lowest BCUT2D eigenvalue weighted by Gasteiger charge is -2.39. The quantitative estimate of drug-likeness (QED) is 0.332. The first-order chi connectivity index (χ1) is 19.5. The number of aryl methyl sites for hydroxylation is 1. The summed E-state index contributed by atoms with van der Waals surface area (Å²) in [6.45, 7) is 0.404. The number of nitrogens with two attached hydrogens (primary N) is 1. The Morgan fingerprint density at radius 1 is 1.10 bits per heavy atom. The molecule has 12 heteroatoms. The molecule has 1 saturated carbocycles. The van der Waals surface area contributed by atoms with Crippen LogP contribution in [0.4, 0.5) is 5.00 Å². The molecular formula is C28H27N7O4S. The van der Waals surface area contributed by atoms with Gasteiger partial charge in [-0.1, -0.05) is 5.16 Å². The first-order valence-corrected chi connectivity index (χ1v) is 14.2. The highest BCUT2D eigenvalue weighted by Crippen LogP contribution is 2.55. The van der Waals surface area contributed by atoms with E-state index >= 15 is 0 Å². The van der Waals surface area contributed by atoms with E-state index in [0.29, 0.717) is 40.3 Å². The number of hydrogen-bond acceptors (Lipinski definition) is 12. The molecule has 0 saturated heterocycles. The fourth-order valence-corrected chi connectivity index (χ4v) is 7.22. The van der Waals surface area contributed by atoms with Crippen LogP contribution in [-0.4, -0.2) is 43.4 Å². The highest BCUT2D eigenvalue weighted by Gasteiger charge is 2.49. The molecular weight excluding hydrogens is 530 g/mol. The molecule has 3 aliphatic rings. The summed E-state index contributed by atoms with van der Waals surface area (Å²) >= 11 is 1.51. The van der Waals surface area contributed by atoms with Crippen molar-refractivity contribution in [2.24, 2.45) is 5.41 Å². The normalized spacial score (nSPS) is 20.4. The summed E-state index contributed by atoms with van der Waals surface area (Å²) in [7, 11) is 0. The Balaban J connectivity index is 1.31. The van der Waals surface area contributed by atoms with Crippen molar-refractivity contribution in [3.05, 3.63) is 52.1 Å². The average Bonchev–Trinajstić information content (AvgIpc) is 3.49. The average molecular weight is 558 g/mol. The van der Waals surface area contributed by atoms with Gasteiger partial charge in [0.05, 0.1) is 42.7 Å². The van der Waals surface area contributed by atoms with Crippen LogP contribution in [0, 0.1) is 16.7 Å². The summed E-state index contributed by atoms with van der Waals surface area (Å²) in [6, 6.07) is 3.97. The van der Waals surface area contributed by atoms with Crippen LogP contribution in [0.25, 0.3) is 11.5 Å². The summed E-state index contributed by atoms with van der Waals surface area (Å²) in [5.41, 5.74) is 8.66. The van der Waals surface area contributed by atoms with Crippen molar-refractivity contribution in [1.29, 1.82) is 5.26 Å². The van der Waals surface area contributed by atoms with Crippen molar-refractivity contribution in [2.75, 3.05) is 18.9 Å². The number of fused-ring (bicyclic) bond motifs is 4. The Labute approximate surface area is 234 Å². The molecule has 0 bridgehead atoms. The number of rotatable bonds is 7. The van der Waals surface area contributed by atoms with Crippen molar-refractivity contribution >= 4 is 16.3 Å². The zero-order valence-electron chi connectivity index (χ0n) is 21.7. The van der Waals surface area contributed by atoms with Gasteiger partial charge in [-0.05, 0) is 56.9 Å². The molecule has 0 aromatic carbocycles. The van der Waals surface area contributed by atoms with Gasteiger partial charge < -0.3 is 24.8 Å². The second-order valence-corrected chi connectivity index (χ2v) is 12.0. The molecule has 0 aliphatic heterocycles. The predicted octanol–water partition coefficient (Wildman–Crippen LogP) is 4.34. The van der Waals surface area contributed by atoms with E-state index in [2.05, 4.69) is 31.2 Å². The lowest BCUT2D eigenvalue weighted by Crippen LogP contribution is -2.35. The minimum atomic E-state index is -0.445. The van der Waals surface area contributed by atoms with Gasteiger partial charge in [0.15, 0.2) is 23.0 Å². The van der Waals surface area contributed by atoms with Gasteiger partial charge in [-0.2, -0.15) is 15.2 Å². The number of nitrogen functional groups attached to an aromatic ring is 1. The van der Waals surface area contributed by atoms with E-state index < -0.39 is 5.41 Å². The fraction of sp³-hybridized carbons (Fsp3) is 0.429. The highest BCUT2D eigenvalue weighted by molar-refractivity contribution is 7.16. The van der Waals surface area contributed by atoms with Gasteiger partial charge in [0.2, 0.25) is 11.8 Å². The van der Waals surface area contributed by atoms with Gasteiger partial charge in [-0.25, -0.2) is 9.97 Å². The molecule has 4 aromatic heterocycles. The van der Waals surface area contributed by atoms with Crippen LogP contribution in [0.2, 0.25) is 0 Å². The molecule has 1 atom stereocenters. The van der Waals surface area contributed by atoms with Gasteiger partial charge in [-0.15, -0.1) is 11.3 Å². The van der Waals surface area contributed by atoms with E-state index in [0.717, 1.165) is 73.1 Å². The van der Waals surface area contributed by atoms with Crippen molar-refractivity contribution in [3.8, 4) is 35.1 Å². The molecule has 4 heterocycles. The second-order valence-electron chi connectivity index (χ2n) is 10.9. The molecule has 204 valence electrons. The number of nitriles is 1. The standard InChI is InChI=1S/C28H27N7O4S/c29-10-18-22-19(40-25(18)30)4-2-6-28(22)5-1-3-17-23(35-39-24(17)28)26-33-20(37-14-27(13-36)7-8-27)9-21(34-26)38-16-11-31-15-32-12-16/h9,11-12,15,36H,1-8,13-14,30H2/t28-/m0/s1. The highest BCUT2D eigenvalue weighted by atomic mass is 32.1. The van der Waals surface area contributed by atoms with E-state index in [4.69, 9.17) is 19.7 Å². The van der Waals surface area contributed by atoms with Gasteiger partial charge in [-0.3, -0.25) is 0 Å². The monoisotopic (exact) mass is 557 g/mol. The molecule has 1 fully saturated rings. The predicted molar refractivity (Wildman–Crippen MR) is 144 cm³/mol. The summed E-state index contributed by atoms with van der Waals surface area (Å²) in [4.78, 5) is 18.5. The van der Waals surface area contributed by atoms with Crippen LogP contribution in [0.3, 0.4) is 0 Å². The maximum atomic E-state index is 9.98. The van der Waals surface area contributed by atoms with Gasteiger partial charge in [0.25, 0.3) is 0 Å². The topological polar surface area (TPSA) is 166 Å². The van der Waals surface area contributed by atoms with E-state index in [1.165, 1.54) is 17.7 Å². The third-order valence-electron chi connectivity index (χ3n) is 8.33. The van der Waals surface area contributed by atoms with E-state index in [1.54, 1.807) is 18.5 Å². The number of aliphatic hydroxyl groups excluding tert-OH is 1. The summed E-state index contributed by atoms with van der Waals surface area (Å²) in [5, 5.41) is 24.8. The van der Waals surface area contributed by atoms with Gasteiger partial charge in [0, 0.05) is 15.9 Å². The Bertz CT molecular complexity index is 1620. The molecule has 0 unspecified atom stereocenters. The minimum Gasteiger partial charge on any atom is -0.477 e. The van der Waals surface area contributed by atoms with Crippen molar-refractivity contribution in [2.45, 2.75) is 56.8 Å². The van der Waals surface area contributed by atoms with E-state index in [-0.39, 0.29) is 17.9 Å². The third kappa shape index (κ3) is 4.08. The number of aliphatic hydroxyl groups is 1. The zero-order chi connectivity index (χ0) is 27.3. The molecule has 3 aliphatic carbocycles. The van der Waals surface area contributed by atoms with Crippen molar-refractivity contribution < 1.29 is 19.1 Å². The Morgan fingerprint density at radius 3 is 2.62 bits per heavy atom. The van der Waals surface area contributed by atoms with E-state index in [9.17, 15) is 10.4 Å². The first kappa shape index (κ1) is 24.9. The Morgan fingerprint density at radius 2 is 1.88 bits per heavy atom. The summed E-state index contributed by atoms with van der Waals surface area (Å²) < 4.78 is 18.1. The number of anilines is 1. The van der Waals surface area contributed by atoms with Crippen LogP contribution in [-0.2, 0) is 18.3 Å². The molecule has 4 aromatic rings. The molecule has 1 spiro atoms. The SMILES string of the molecule is N#Cc1c(N)sc2c1[C@@]1(CCC2)CCCc2c(-c3nc(OCC4(CO)CC4)cc(Oc4cncnc4)n3)noc21. The number of aromatic nitrogens is 5. The Hall–Kier alpha value is -4.08. The smallest absolute Gasteiger partial charge is 0.226 e. The first-order valence-electron chi connectivity index (χ1n) is 13.4. The molecule has 40 heavy (non-hydrogen) atoms. The van der Waals surface area contributed by atoms with Crippen LogP contribution in [0.15, 0.2) is 29.3 Å². The molecule has 11 nitrogen and oxygen atoms in total. The Kier molecular flexibility index (Phi) is 5.94. The molecule has 0 amide bonds. The van der Waals surface area contributed by atoms with Gasteiger partial charge in [0.1, 0.15) is 17.4 Å². The lowest BCUT2D eigenvalue weighted by atomic mass is 9.63. The van der Waals surface area contributed by atoms with Gasteiger partial charge >= 0.3 is 0 Å². The third-order valence-corrected chi connectivity index (χ3v) is 9.41. The molecule has 7 rings (SSSR count). The fourth-order valence-electron chi connectivity index (χ4n) is 6.06. The minimum absolute atomic E-state index is 0.0638. The van der Waals surface area contributed by atoms with Crippen LogP contribution in [0.5, 0.6) is 17.5 Å². The van der Waals surface area contributed by atoms with Crippen LogP contribution in [0.1, 0.15) is 65.9 Å². The summed E-state index contributed by atoms with van der Waals surface area (Å²) in [5.74, 6) is 2.08. The summed E-state index contributed by atoms with van der Waals surface area (Å²) in [6.07, 6.45) is 11.6.